The summed E-state index contributed by atoms with van der Waals surface area (Å²) in [6, 6.07) is 4.86. The highest BCUT2D eigenvalue weighted by molar-refractivity contribution is 8.01. The summed E-state index contributed by atoms with van der Waals surface area (Å²) in [6.07, 6.45) is 0. The first-order chi connectivity index (χ1) is 11.0. The van der Waals surface area contributed by atoms with Crippen LogP contribution in [-0.2, 0) is 4.79 Å². The third kappa shape index (κ3) is 4.93. The maximum atomic E-state index is 11.8. The average Bonchev–Trinajstić information content (AvgIpc) is 2.96. The van der Waals surface area contributed by atoms with E-state index in [2.05, 4.69) is 20.7 Å². The van der Waals surface area contributed by atoms with Crippen LogP contribution in [0.15, 0.2) is 27.6 Å². The molecule has 0 saturated carbocycles. The standard InChI is InChI=1S/C14H16N4O3S2/c1-8(10-4-5-11(19)12(6-10)21-3)15-17-13(20)7-22-14-18-16-9(2)23-14/h4-6,19H,7H2,1-3H3,(H,17,20). The van der Waals surface area contributed by atoms with Gasteiger partial charge < -0.3 is 9.84 Å². The third-order valence-electron chi connectivity index (χ3n) is 2.78. The highest BCUT2D eigenvalue weighted by Crippen LogP contribution is 2.26. The summed E-state index contributed by atoms with van der Waals surface area (Å²) in [5.74, 6) is 0.389. The third-order valence-corrected chi connectivity index (χ3v) is 4.75. The van der Waals surface area contributed by atoms with Gasteiger partial charge >= 0.3 is 0 Å². The van der Waals surface area contributed by atoms with Crippen molar-refractivity contribution in [2.75, 3.05) is 12.9 Å². The summed E-state index contributed by atoms with van der Waals surface area (Å²) >= 11 is 2.76. The molecule has 0 atom stereocenters. The zero-order valence-corrected chi connectivity index (χ0v) is 14.5. The van der Waals surface area contributed by atoms with Gasteiger partial charge in [-0.15, -0.1) is 10.2 Å². The second-order valence-electron chi connectivity index (χ2n) is 4.49. The van der Waals surface area contributed by atoms with Crippen LogP contribution in [0.4, 0.5) is 0 Å². The molecule has 0 radical (unpaired) electrons. The molecular weight excluding hydrogens is 336 g/mol. The Morgan fingerprint density at radius 3 is 2.91 bits per heavy atom. The normalized spacial score (nSPS) is 11.3. The number of carbonyl (C=O) groups is 1. The van der Waals surface area contributed by atoms with Gasteiger partial charge in [-0.1, -0.05) is 23.1 Å². The predicted octanol–water partition coefficient (Wildman–Crippen LogP) is 2.19. The molecule has 122 valence electrons. The molecule has 0 aliphatic heterocycles. The number of phenols is 1. The molecule has 0 aliphatic carbocycles. The summed E-state index contributed by atoms with van der Waals surface area (Å²) in [5.41, 5.74) is 3.84. The molecule has 0 unspecified atom stereocenters. The van der Waals surface area contributed by atoms with Crippen LogP contribution in [0.25, 0.3) is 0 Å². The number of hydrogen-bond acceptors (Lipinski definition) is 8. The van der Waals surface area contributed by atoms with Crippen molar-refractivity contribution >= 4 is 34.7 Å². The molecule has 1 amide bonds. The van der Waals surface area contributed by atoms with Crippen molar-refractivity contribution in [1.29, 1.82) is 0 Å². The van der Waals surface area contributed by atoms with Crippen LogP contribution in [0.2, 0.25) is 0 Å². The highest BCUT2D eigenvalue weighted by atomic mass is 32.2. The van der Waals surface area contributed by atoms with E-state index in [-0.39, 0.29) is 17.4 Å². The number of nitrogens with one attached hydrogen (secondary N) is 1. The maximum Gasteiger partial charge on any atom is 0.250 e. The molecule has 0 spiro atoms. The molecule has 1 aromatic carbocycles. The fourth-order valence-electron chi connectivity index (χ4n) is 1.61. The van der Waals surface area contributed by atoms with Crippen molar-refractivity contribution in [1.82, 2.24) is 15.6 Å². The number of aromatic nitrogens is 2. The largest absolute Gasteiger partial charge is 0.504 e. The Bertz CT molecular complexity index is 731. The van der Waals surface area contributed by atoms with Crippen LogP contribution in [0.1, 0.15) is 17.5 Å². The Balaban J connectivity index is 1.92. The molecule has 1 heterocycles. The van der Waals surface area contributed by atoms with Gasteiger partial charge in [-0.25, -0.2) is 5.43 Å². The molecular formula is C14H16N4O3S2. The summed E-state index contributed by atoms with van der Waals surface area (Å²) in [7, 11) is 1.47. The van der Waals surface area contributed by atoms with Gasteiger partial charge in [0.25, 0.3) is 5.91 Å². The van der Waals surface area contributed by atoms with Gasteiger partial charge in [-0.05, 0) is 32.0 Å². The van der Waals surface area contributed by atoms with Gasteiger partial charge in [0.1, 0.15) is 5.01 Å². The molecule has 0 saturated heterocycles. The van der Waals surface area contributed by atoms with Gasteiger partial charge in [0, 0.05) is 5.56 Å². The molecule has 2 N–H and O–H groups in total. The van der Waals surface area contributed by atoms with Crippen molar-refractivity contribution in [3.63, 3.8) is 0 Å². The number of benzene rings is 1. The van der Waals surface area contributed by atoms with Gasteiger partial charge in [0.2, 0.25) is 0 Å². The topological polar surface area (TPSA) is 96.7 Å². The number of aryl methyl sites for hydroxylation is 1. The number of phenolic OH excluding ortho intramolecular Hbond substituents is 1. The van der Waals surface area contributed by atoms with E-state index in [0.29, 0.717) is 11.5 Å². The molecule has 2 aromatic rings. The lowest BCUT2D eigenvalue weighted by Crippen LogP contribution is -2.21. The van der Waals surface area contributed by atoms with Crippen LogP contribution >= 0.6 is 23.1 Å². The van der Waals surface area contributed by atoms with Crippen molar-refractivity contribution in [2.24, 2.45) is 5.10 Å². The number of hydrogen-bond donors (Lipinski definition) is 2. The Hall–Kier alpha value is -2.13. The number of rotatable bonds is 6. The van der Waals surface area contributed by atoms with Crippen LogP contribution in [0.3, 0.4) is 0 Å². The van der Waals surface area contributed by atoms with Gasteiger partial charge in [-0.2, -0.15) is 5.10 Å². The highest BCUT2D eigenvalue weighted by Gasteiger charge is 2.08. The van der Waals surface area contributed by atoms with Crippen LogP contribution in [0, 0.1) is 6.92 Å². The van der Waals surface area contributed by atoms with Crippen molar-refractivity contribution in [3.05, 3.63) is 28.8 Å². The fourth-order valence-corrected chi connectivity index (χ4v) is 3.22. The van der Waals surface area contributed by atoms with Gasteiger partial charge in [0.15, 0.2) is 15.8 Å². The van der Waals surface area contributed by atoms with E-state index in [0.717, 1.165) is 14.9 Å². The lowest BCUT2D eigenvalue weighted by molar-refractivity contribution is -0.118. The first-order valence-corrected chi connectivity index (χ1v) is 8.43. The molecule has 0 aliphatic rings. The molecule has 1 aromatic heterocycles. The second kappa shape index (κ2) is 7.93. The Labute approximate surface area is 141 Å². The quantitative estimate of drug-likeness (QED) is 0.470. The van der Waals surface area contributed by atoms with Gasteiger partial charge in [0.05, 0.1) is 18.6 Å². The zero-order chi connectivity index (χ0) is 16.8. The number of thioether (sulfide) groups is 1. The zero-order valence-electron chi connectivity index (χ0n) is 12.9. The van der Waals surface area contributed by atoms with E-state index in [1.807, 2.05) is 6.92 Å². The summed E-state index contributed by atoms with van der Waals surface area (Å²) in [4.78, 5) is 11.8. The summed E-state index contributed by atoms with van der Waals surface area (Å²) < 4.78 is 5.80. The van der Waals surface area contributed by atoms with Gasteiger partial charge in [-0.3, -0.25) is 4.79 Å². The van der Waals surface area contributed by atoms with Crippen LogP contribution < -0.4 is 10.2 Å². The van der Waals surface area contributed by atoms with Crippen molar-refractivity contribution in [2.45, 2.75) is 18.2 Å². The predicted molar refractivity (Wildman–Crippen MR) is 90.4 cm³/mol. The van der Waals surface area contributed by atoms with E-state index in [1.165, 1.54) is 36.3 Å². The Morgan fingerprint density at radius 2 is 2.26 bits per heavy atom. The fraction of sp³-hybridized carbons (Fsp3) is 0.286. The Morgan fingerprint density at radius 1 is 1.48 bits per heavy atom. The SMILES string of the molecule is COc1cc(C(C)=NNC(=O)CSc2nnc(C)s2)ccc1O. The van der Waals surface area contributed by atoms with E-state index in [4.69, 9.17) is 4.74 Å². The summed E-state index contributed by atoms with van der Waals surface area (Å²) in [6.45, 7) is 3.62. The molecule has 0 fully saturated rings. The average molecular weight is 352 g/mol. The second-order valence-corrected chi connectivity index (χ2v) is 6.90. The number of aromatic hydroxyl groups is 1. The number of amides is 1. The monoisotopic (exact) mass is 352 g/mol. The minimum Gasteiger partial charge on any atom is -0.504 e. The van der Waals surface area contributed by atoms with Crippen LogP contribution in [0.5, 0.6) is 11.5 Å². The van der Waals surface area contributed by atoms with E-state index >= 15 is 0 Å². The smallest absolute Gasteiger partial charge is 0.250 e. The Kier molecular flexibility index (Phi) is 5.94. The first-order valence-electron chi connectivity index (χ1n) is 6.63. The summed E-state index contributed by atoms with van der Waals surface area (Å²) in [5, 5.41) is 22.3. The molecule has 23 heavy (non-hydrogen) atoms. The number of nitrogens with zero attached hydrogens (tertiary/aromatic N) is 3. The minimum atomic E-state index is -0.229. The first kappa shape index (κ1) is 17.2. The minimum absolute atomic E-state index is 0.0526. The molecule has 0 bridgehead atoms. The molecule has 9 heteroatoms. The molecule has 2 rings (SSSR count). The van der Waals surface area contributed by atoms with Crippen molar-refractivity contribution in [3.8, 4) is 11.5 Å². The number of carbonyl (C=O) groups excluding carboxylic acids is 1. The van der Waals surface area contributed by atoms with E-state index < -0.39 is 0 Å². The van der Waals surface area contributed by atoms with E-state index in [9.17, 15) is 9.90 Å². The number of methoxy groups -OCH3 is 1. The number of hydrazone groups is 1. The lowest BCUT2D eigenvalue weighted by Gasteiger charge is -2.06. The number of ether oxygens (including phenoxy) is 1. The maximum absolute atomic E-state index is 11.8. The van der Waals surface area contributed by atoms with Crippen LogP contribution in [-0.4, -0.2) is 39.8 Å². The van der Waals surface area contributed by atoms with Crippen molar-refractivity contribution < 1.29 is 14.6 Å². The molecule has 7 nitrogen and oxygen atoms in total. The lowest BCUT2D eigenvalue weighted by atomic mass is 10.1. The van der Waals surface area contributed by atoms with E-state index in [1.54, 1.807) is 19.1 Å².